The minimum atomic E-state index is -0.667. The molecule has 128 valence electrons. The van der Waals surface area contributed by atoms with Crippen LogP contribution in [-0.4, -0.2) is 55.3 Å². The van der Waals surface area contributed by atoms with Gasteiger partial charge in [0, 0.05) is 13.1 Å². The van der Waals surface area contributed by atoms with Crippen LogP contribution in [0.4, 0.5) is 0 Å². The van der Waals surface area contributed by atoms with Crippen LogP contribution in [0, 0.1) is 5.92 Å². The number of hydrogen-bond acceptors (Lipinski definition) is 5. The van der Waals surface area contributed by atoms with E-state index in [0.29, 0.717) is 0 Å². The smallest absolute Gasteiger partial charge is 0.310 e. The number of hydrogen-bond donors (Lipinski definition) is 1. The third kappa shape index (κ3) is 6.28. The maximum Gasteiger partial charge on any atom is 0.310 e. The maximum absolute atomic E-state index is 12.5. The molecule has 1 N–H and O–H groups in total. The number of benzene rings is 1. The van der Waals surface area contributed by atoms with Crippen molar-refractivity contribution in [2.24, 2.45) is 5.92 Å². The second-order valence-electron chi connectivity index (χ2n) is 5.60. The molecular formula is C17H25NO5. The molecule has 0 heterocycles. The largest absolute Gasteiger partial charge is 0.497 e. The zero-order valence-electron chi connectivity index (χ0n) is 14.1. The summed E-state index contributed by atoms with van der Waals surface area (Å²) < 4.78 is 9.77. The minimum absolute atomic E-state index is 0.146. The third-order valence-corrected chi connectivity index (χ3v) is 3.45. The van der Waals surface area contributed by atoms with Gasteiger partial charge in [-0.1, -0.05) is 19.1 Å². The molecule has 23 heavy (non-hydrogen) atoms. The number of rotatable bonds is 8. The Morgan fingerprint density at radius 2 is 1.74 bits per heavy atom. The summed E-state index contributed by atoms with van der Waals surface area (Å²) in [6, 6.07) is 7.22. The Balaban J connectivity index is 2.75. The molecule has 2 unspecified atom stereocenters. The first-order chi connectivity index (χ1) is 10.9. The summed E-state index contributed by atoms with van der Waals surface area (Å²) in [7, 11) is 2.90. The highest BCUT2D eigenvalue weighted by Crippen LogP contribution is 2.13. The molecule has 0 spiro atoms. The van der Waals surface area contributed by atoms with E-state index in [-0.39, 0.29) is 31.4 Å². The second kappa shape index (κ2) is 9.15. The van der Waals surface area contributed by atoms with E-state index in [4.69, 9.17) is 4.74 Å². The third-order valence-electron chi connectivity index (χ3n) is 3.45. The summed E-state index contributed by atoms with van der Waals surface area (Å²) in [5, 5.41) is 9.59. The van der Waals surface area contributed by atoms with Gasteiger partial charge in [0.1, 0.15) is 5.75 Å². The Morgan fingerprint density at radius 1 is 1.13 bits per heavy atom. The lowest BCUT2D eigenvalue weighted by Crippen LogP contribution is -2.41. The quantitative estimate of drug-likeness (QED) is 0.729. The molecule has 0 bridgehead atoms. The van der Waals surface area contributed by atoms with Gasteiger partial charge in [0.15, 0.2) is 0 Å². The molecular weight excluding hydrogens is 298 g/mol. The van der Waals surface area contributed by atoms with Crippen molar-refractivity contribution in [1.82, 2.24) is 4.90 Å². The predicted molar refractivity (Wildman–Crippen MR) is 86.1 cm³/mol. The number of amides is 1. The summed E-state index contributed by atoms with van der Waals surface area (Å²) >= 11 is 0. The first kappa shape index (κ1) is 19.0. The van der Waals surface area contributed by atoms with Crippen molar-refractivity contribution < 1.29 is 24.2 Å². The standard InChI is InChI=1S/C17H25NO5/c1-12(17(21)23-4)10-18(11-13(2)19)16(20)9-14-5-7-15(22-3)8-6-14/h5-8,12-13,19H,9-11H2,1-4H3. The van der Waals surface area contributed by atoms with Crippen molar-refractivity contribution in [3.63, 3.8) is 0 Å². The van der Waals surface area contributed by atoms with Crippen LogP contribution < -0.4 is 4.74 Å². The molecule has 0 radical (unpaired) electrons. The van der Waals surface area contributed by atoms with Gasteiger partial charge < -0.3 is 19.5 Å². The Kier molecular flexibility index (Phi) is 7.54. The lowest BCUT2D eigenvalue weighted by molar-refractivity contribution is -0.146. The van der Waals surface area contributed by atoms with E-state index in [1.165, 1.54) is 12.0 Å². The average Bonchev–Trinajstić information content (AvgIpc) is 2.53. The lowest BCUT2D eigenvalue weighted by Gasteiger charge is -2.26. The summed E-state index contributed by atoms with van der Waals surface area (Å²) in [5.74, 6) is -0.246. The van der Waals surface area contributed by atoms with Gasteiger partial charge >= 0.3 is 5.97 Å². The van der Waals surface area contributed by atoms with Crippen molar-refractivity contribution >= 4 is 11.9 Å². The molecule has 2 atom stereocenters. The Morgan fingerprint density at radius 3 is 2.22 bits per heavy atom. The highest BCUT2D eigenvalue weighted by molar-refractivity contribution is 5.80. The average molecular weight is 323 g/mol. The first-order valence-electron chi connectivity index (χ1n) is 7.54. The van der Waals surface area contributed by atoms with E-state index >= 15 is 0 Å². The first-order valence-corrected chi connectivity index (χ1v) is 7.54. The predicted octanol–water partition coefficient (Wildman–Crippen LogP) is 1.26. The van der Waals surface area contributed by atoms with E-state index in [0.717, 1.165) is 11.3 Å². The molecule has 6 heteroatoms. The number of aliphatic hydroxyl groups is 1. The fraction of sp³-hybridized carbons (Fsp3) is 0.529. The number of nitrogens with zero attached hydrogens (tertiary/aromatic N) is 1. The van der Waals surface area contributed by atoms with Gasteiger partial charge in [-0.25, -0.2) is 0 Å². The van der Waals surface area contributed by atoms with Gasteiger partial charge in [0.05, 0.1) is 32.7 Å². The highest BCUT2D eigenvalue weighted by Gasteiger charge is 2.22. The SMILES string of the molecule is COC(=O)C(C)CN(CC(C)O)C(=O)Cc1ccc(OC)cc1. The van der Waals surface area contributed by atoms with Crippen LogP contribution in [-0.2, 0) is 20.7 Å². The zero-order chi connectivity index (χ0) is 17.4. The fourth-order valence-electron chi connectivity index (χ4n) is 2.23. The van der Waals surface area contributed by atoms with Gasteiger partial charge in [0.25, 0.3) is 0 Å². The number of aliphatic hydroxyl groups excluding tert-OH is 1. The van der Waals surface area contributed by atoms with Crippen molar-refractivity contribution in [3.05, 3.63) is 29.8 Å². The van der Waals surface area contributed by atoms with Crippen molar-refractivity contribution in [1.29, 1.82) is 0 Å². The van der Waals surface area contributed by atoms with E-state index < -0.39 is 12.0 Å². The van der Waals surface area contributed by atoms with E-state index in [1.54, 1.807) is 33.1 Å². The molecule has 0 aliphatic rings. The van der Waals surface area contributed by atoms with E-state index in [9.17, 15) is 14.7 Å². The topological polar surface area (TPSA) is 76.1 Å². The fourth-order valence-corrected chi connectivity index (χ4v) is 2.23. The molecule has 6 nitrogen and oxygen atoms in total. The zero-order valence-corrected chi connectivity index (χ0v) is 14.1. The van der Waals surface area contributed by atoms with Crippen molar-refractivity contribution in [2.75, 3.05) is 27.3 Å². The minimum Gasteiger partial charge on any atom is -0.497 e. The molecule has 1 aromatic carbocycles. The normalized spacial score (nSPS) is 13.1. The molecule has 1 aromatic rings. The Labute approximate surface area is 137 Å². The summed E-state index contributed by atoms with van der Waals surface area (Å²) in [4.78, 5) is 25.5. The highest BCUT2D eigenvalue weighted by atomic mass is 16.5. The number of ether oxygens (including phenoxy) is 2. The number of carbonyl (C=O) groups excluding carboxylic acids is 2. The molecule has 1 rings (SSSR count). The molecule has 0 fully saturated rings. The summed E-state index contributed by atoms with van der Waals surface area (Å²) in [6.07, 6.45) is -0.468. The molecule has 0 aliphatic heterocycles. The van der Waals surface area contributed by atoms with Gasteiger partial charge in [0.2, 0.25) is 5.91 Å². The summed E-state index contributed by atoms with van der Waals surface area (Å²) in [6.45, 7) is 3.70. The second-order valence-corrected chi connectivity index (χ2v) is 5.60. The van der Waals surface area contributed by atoms with E-state index in [2.05, 4.69) is 4.74 Å². The van der Waals surface area contributed by atoms with Gasteiger partial charge in [-0.05, 0) is 24.6 Å². The Hall–Kier alpha value is -2.08. The van der Waals surface area contributed by atoms with Crippen molar-refractivity contribution in [3.8, 4) is 5.75 Å². The van der Waals surface area contributed by atoms with Crippen LogP contribution in [0.3, 0.4) is 0 Å². The van der Waals surface area contributed by atoms with Crippen molar-refractivity contribution in [2.45, 2.75) is 26.4 Å². The van der Waals surface area contributed by atoms with Gasteiger partial charge in [-0.3, -0.25) is 9.59 Å². The van der Waals surface area contributed by atoms with Crippen LogP contribution in [0.15, 0.2) is 24.3 Å². The molecule has 0 saturated carbocycles. The molecule has 0 aliphatic carbocycles. The molecule has 1 amide bonds. The number of methoxy groups -OCH3 is 2. The maximum atomic E-state index is 12.5. The van der Waals surface area contributed by atoms with Crippen LogP contribution in [0.25, 0.3) is 0 Å². The van der Waals surface area contributed by atoms with Crippen LogP contribution in [0.2, 0.25) is 0 Å². The van der Waals surface area contributed by atoms with Gasteiger partial charge in [-0.15, -0.1) is 0 Å². The Bertz CT molecular complexity index is 512. The van der Waals surface area contributed by atoms with Crippen LogP contribution >= 0.6 is 0 Å². The molecule has 0 saturated heterocycles. The van der Waals surface area contributed by atoms with Crippen LogP contribution in [0.5, 0.6) is 5.75 Å². The van der Waals surface area contributed by atoms with Gasteiger partial charge in [-0.2, -0.15) is 0 Å². The number of carbonyl (C=O) groups is 2. The monoisotopic (exact) mass is 323 g/mol. The lowest BCUT2D eigenvalue weighted by atomic mass is 10.1. The number of esters is 1. The summed E-state index contributed by atoms with van der Waals surface area (Å²) in [5.41, 5.74) is 0.845. The van der Waals surface area contributed by atoms with Crippen LogP contribution in [0.1, 0.15) is 19.4 Å². The molecule has 0 aromatic heterocycles. The van der Waals surface area contributed by atoms with E-state index in [1.807, 2.05) is 12.1 Å².